The first-order valence-corrected chi connectivity index (χ1v) is 7.31. The van der Waals surface area contributed by atoms with Crippen LogP contribution in [0.2, 0.25) is 0 Å². The van der Waals surface area contributed by atoms with E-state index in [-0.39, 0.29) is 11.8 Å². The number of carbonyl (C=O) groups excluding carboxylic acids is 1. The minimum atomic E-state index is 0.133. The summed E-state index contributed by atoms with van der Waals surface area (Å²) in [6.45, 7) is 4.88. The largest absolute Gasteiger partial charge is 0.330 e. The van der Waals surface area contributed by atoms with Crippen LogP contribution < -0.4 is 11.1 Å². The number of amides is 1. The van der Waals surface area contributed by atoms with Crippen molar-refractivity contribution in [2.75, 3.05) is 11.9 Å². The van der Waals surface area contributed by atoms with E-state index in [0.29, 0.717) is 6.54 Å². The molecule has 19 heavy (non-hydrogen) atoms. The van der Waals surface area contributed by atoms with E-state index >= 15 is 0 Å². The van der Waals surface area contributed by atoms with Gasteiger partial charge in [0, 0.05) is 11.6 Å². The van der Waals surface area contributed by atoms with E-state index in [1.807, 2.05) is 24.3 Å². The van der Waals surface area contributed by atoms with Crippen molar-refractivity contribution in [1.82, 2.24) is 0 Å². The minimum absolute atomic E-state index is 0.133. The summed E-state index contributed by atoms with van der Waals surface area (Å²) in [4.78, 5) is 12.2. The highest BCUT2D eigenvalue weighted by atomic mass is 16.1. The molecule has 0 aliphatic carbocycles. The highest BCUT2D eigenvalue weighted by Gasteiger charge is 2.16. The number of benzene rings is 1. The molecule has 0 spiro atoms. The third kappa shape index (κ3) is 5.43. The average Bonchev–Trinajstić information content (AvgIpc) is 2.39. The van der Waals surface area contributed by atoms with Gasteiger partial charge in [-0.05, 0) is 43.5 Å². The Labute approximate surface area is 116 Å². The molecule has 0 saturated heterocycles. The van der Waals surface area contributed by atoms with E-state index in [1.165, 1.54) is 5.56 Å². The smallest absolute Gasteiger partial charge is 0.227 e. The Kier molecular flexibility index (Phi) is 7.19. The van der Waals surface area contributed by atoms with E-state index in [1.54, 1.807) is 0 Å². The van der Waals surface area contributed by atoms with Crippen molar-refractivity contribution >= 4 is 11.6 Å². The van der Waals surface area contributed by atoms with Gasteiger partial charge in [-0.1, -0.05) is 38.8 Å². The Morgan fingerprint density at radius 3 is 2.53 bits per heavy atom. The summed E-state index contributed by atoms with van der Waals surface area (Å²) in [5.41, 5.74) is 7.60. The van der Waals surface area contributed by atoms with Gasteiger partial charge in [0.25, 0.3) is 0 Å². The summed E-state index contributed by atoms with van der Waals surface area (Å²) < 4.78 is 0. The Balaban J connectivity index is 2.66. The fourth-order valence-corrected chi connectivity index (χ4v) is 2.32. The topological polar surface area (TPSA) is 55.1 Å². The van der Waals surface area contributed by atoms with Gasteiger partial charge in [0.05, 0.1) is 0 Å². The Hall–Kier alpha value is -1.35. The third-order valence-electron chi connectivity index (χ3n) is 3.27. The second-order valence-corrected chi connectivity index (χ2v) is 5.00. The Bertz CT molecular complexity index is 384. The van der Waals surface area contributed by atoms with Crippen LogP contribution in [0.15, 0.2) is 24.3 Å². The van der Waals surface area contributed by atoms with Crippen molar-refractivity contribution in [1.29, 1.82) is 0 Å². The van der Waals surface area contributed by atoms with Crippen LogP contribution in [0.4, 0.5) is 5.69 Å². The van der Waals surface area contributed by atoms with Gasteiger partial charge in [-0.25, -0.2) is 0 Å². The van der Waals surface area contributed by atoms with E-state index in [4.69, 9.17) is 5.73 Å². The van der Waals surface area contributed by atoms with Gasteiger partial charge >= 0.3 is 0 Å². The SMILES string of the molecule is CCCC(CCC)C(=O)Nc1cccc(CCN)c1. The Morgan fingerprint density at radius 1 is 1.26 bits per heavy atom. The fourth-order valence-electron chi connectivity index (χ4n) is 2.32. The maximum absolute atomic E-state index is 12.2. The summed E-state index contributed by atoms with van der Waals surface area (Å²) >= 11 is 0. The molecule has 1 aromatic carbocycles. The van der Waals surface area contributed by atoms with Crippen molar-refractivity contribution in [2.24, 2.45) is 11.7 Å². The van der Waals surface area contributed by atoms with Crippen LogP contribution >= 0.6 is 0 Å². The molecule has 0 atom stereocenters. The van der Waals surface area contributed by atoms with Crippen LogP contribution in [-0.4, -0.2) is 12.5 Å². The zero-order valence-electron chi connectivity index (χ0n) is 12.1. The number of hydrogen-bond donors (Lipinski definition) is 2. The van der Waals surface area contributed by atoms with Gasteiger partial charge in [-0.15, -0.1) is 0 Å². The zero-order valence-corrected chi connectivity index (χ0v) is 12.1. The highest BCUT2D eigenvalue weighted by molar-refractivity contribution is 5.92. The first-order chi connectivity index (χ1) is 9.21. The van der Waals surface area contributed by atoms with Crippen LogP contribution in [0.3, 0.4) is 0 Å². The van der Waals surface area contributed by atoms with Gasteiger partial charge in [-0.2, -0.15) is 0 Å². The summed E-state index contributed by atoms with van der Waals surface area (Å²) in [6, 6.07) is 7.96. The normalized spacial score (nSPS) is 10.7. The molecule has 0 unspecified atom stereocenters. The summed E-state index contributed by atoms with van der Waals surface area (Å²) in [5.74, 6) is 0.279. The lowest BCUT2D eigenvalue weighted by Crippen LogP contribution is -2.22. The van der Waals surface area contributed by atoms with E-state index in [9.17, 15) is 4.79 Å². The summed E-state index contributed by atoms with van der Waals surface area (Å²) in [5, 5.41) is 3.03. The standard InChI is InChI=1S/C16H26N2O/c1-3-6-14(7-4-2)16(19)18-15-9-5-8-13(12-15)10-11-17/h5,8-9,12,14H,3-4,6-7,10-11,17H2,1-2H3,(H,18,19). The molecule has 3 heteroatoms. The molecule has 1 aromatic rings. The summed E-state index contributed by atoms with van der Waals surface area (Å²) in [6.07, 6.45) is 4.86. The molecule has 3 N–H and O–H groups in total. The van der Waals surface area contributed by atoms with Gasteiger partial charge in [0.15, 0.2) is 0 Å². The van der Waals surface area contributed by atoms with Crippen molar-refractivity contribution < 1.29 is 4.79 Å². The first kappa shape index (κ1) is 15.7. The van der Waals surface area contributed by atoms with Crippen LogP contribution in [0.25, 0.3) is 0 Å². The van der Waals surface area contributed by atoms with Crippen LogP contribution in [-0.2, 0) is 11.2 Å². The second-order valence-electron chi connectivity index (χ2n) is 5.00. The second kappa shape index (κ2) is 8.70. The number of nitrogens with two attached hydrogens (primary N) is 1. The molecule has 0 heterocycles. The van der Waals surface area contributed by atoms with Crippen molar-refractivity contribution in [3.8, 4) is 0 Å². The Morgan fingerprint density at radius 2 is 1.95 bits per heavy atom. The molecule has 3 nitrogen and oxygen atoms in total. The zero-order chi connectivity index (χ0) is 14.1. The minimum Gasteiger partial charge on any atom is -0.330 e. The molecular formula is C16H26N2O. The predicted molar refractivity (Wildman–Crippen MR) is 81.1 cm³/mol. The molecule has 0 radical (unpaired) electrons. The predicted octanol–water partition coefficient (Wildman–Crippen LogP) is 3.34. The van der Waals surface area contributed by atoms with E-state index in [2.05, 4.69) is 19.2 Å². The van der Waals surface area contributed by atoms with Crippen LogP contribution in [0.1, 0.15) is 45.1 Å². The molecule has 0 aliphatic heterocycles. The van der Waals surface area contributed by atoms with Crippen molar-refractivity contribution in [3.05, 3.63) is 29.8 Å². The highest BCUT2D eigenvalue weighted by Crippen LogP contribution is 2.17. The lowest BCUT2D eigenvalue weighted by atomic mass is 9.97. The molecule has 106 valence electrons. The number of hydrogen-bond acceptors (Lipinski definition) is 2. The number of anilines is 1. The quantitative estimate of drug-likeness (QED) is 0.755. The average molecular weight is 262 g/mol. The molecule has 1 amide bonds. The fraction of sp³-hybridized carbons (Fsp3) is 0.562. The molecule has 0 fully saturated rings. The van der Waals surface area contributed by atoms with Crippen molar-refractivity contribution in [3.63, 3.8) is 0 Å². The molecular weight excluding hydrogens is 236 g/mol. The molecule has 0 aliphatic rings. The third-order valence-corrected chi connectivity index (χ3v) is 3.27. The maximum atomic E-state index is 12.2. The van der Waals surface area contributed by atoms with Crippen molar-refractivity contribution in [2.45, 2.75) is 46.0 Å². The van der Waals surface area contributed by atoms with Gasteiger partial charge in [0.2, 0.25) is 5.91 Å². The lowest BCUT2D eigenvalue weighted by molar-refractivity contribution is -0.120. The van der Waals surface area contributed by atoms with Gasteiger partial charge in [0.1, 0.15) is 0 Å². The molecule has 1 rings (SSSR count). The molecule has 0 saturated carbocycles. The monoisotopic (exact) mass is 262 g/mol. The van der Waals surface area contributed by atoms with Crippen LogP contribution in [0, 0.1) is 5.92 Å². The number of rotatable bonds is 8. The first-order valence-electron chi connectivity index (χ1n) is 7.31. The van der Waals surface area contributed by atoms with E-state index < -0.39 is 0 Å². The lowest BCUT2D eigenvalue weighted by Gasteiger charge is -2.15. The molecule has 0 aromatic heterocycles. The van der Waals surface area contributed by atoms with E-state index in [0.717, 1.165) is 37.8 Å². The number of carbonyl (C=O) groups is 1. The van der Waals surface area contributed by atoms with Gasteiger partial charge < -0.3 is 11.1 Å². The molecule has 0 bridgehead atoms. The van der Waals surface area contributed by atoms with Crippen LogP contribution in [0.5, 0.6) is 0 Å². The summed E-state index contributed by atoms with van der Waals surface area (Å²) in [7, 11) is 0. The maximum Gasteiger partial charge on any atom is 0.227 e. The van der Waals surface area contributed by atoms with Gasteiger partial charge in [-0.3, -0.25) is 4.79 Å². The number of nitrogens with one attached hydrogen (secondary N) is 1.